The quantitative estimate of drug-likeness (QED) is 0.505. The molecule has 8 radical (unpaired) electrons. The smallest absolute Gasteiger partial charge is 0.128 e. The van der Waals surface area contributed by atoms with Crippen LogP contribution in [0.1, 0.15) is 0 Å². The molecule has 0 fully saturated rings. The molecule has 0 saturated heterocycles. The molecule has 0 saturated carbocycles. The van der Waals surface area contributed by atoms with Crippen LogP contribution in [-0.4, -0.2) is 31.4 Å². The van der Waals surface area contributed by atoms with Gasteiger partial charge in [0, 0.05) is 9.75 Å². The van der Waals surface area contributed by atoms with E-state index in [4.69, 9.17) is 31.4 Å². The van der Waals surface area contributed by atoms with Crippen molar-refractivity contribution in [3.8, 4) is 9.75 Å². The van der Waals surface area contributed by atoms with E-state index in [1.807, 2.05) is 0 Å². The molecule has 58 valence electrons. The summed E-state index contributed by atoms with van der Waals surface area (Å²) in [6.07, 6.45) is 0. The topological polar surface area (TPSA) is 0 Å². The Labute approximate surface area is 96.4 Å². The van der Waals surface area contributed by atoms with E-state index >= 15 is 0 Å². The molecular formula is C8H2B4S2. The number of rotatable bonds is 1. The molecule has 0 amide bonds. The Kier molecular flexibility index (Phi) is 2.67. The summed E-state index contributed by atoms with van der Waals surface area (Å²) in [6, 6.07) is 3.46. The second kappa shape index (κ2) is 3.67. The van der Waals surface area contributed by atoms with Crippen molar-refractivity contribution in [2.24, 2.45) is 0 Å². The van der Waals surface area contributed by atoms with Crippen molar-refractivity contribution in [1.29, 1.82) is 0 Å². The molecule has 0 spiro atoms. The van der Waals surface area contributed by atoms with Crippen LogP contribution in [0, 0.1) is 0 Å². The van der Waals surface area contributed by atoms with Crippen LogP contribution in [0.3, 0.4) is 0 Å². The molecule has 0 atom stereocenters. The molecule has 2 rings (SSSR count). The van der Waals surface area contributed by atoms with Crippen molar-refractivity contribution in [3.63, 3.8) is 0 Å². The lowest BCUT2D eigenvalue weighted by atomic mass is 9.89. The molecule has 0 N–H and O–H groups in total. The van der Waals surface area contributed by atoms with Crippen LogP contribution in [0.4, 0.5) is 0 Å². The van der Waals surface area contributed by atoms with E-state index in [0.29, 0.717) is 20.5 Å². The van der Waals surface area contributed by atoms with Gasteiger partial charge in [-0.05, 0) is 9.55 Å². The van der Waals surface area contributed by atoms with E-state index in [2.05, 4.69) is 0 Å². The molecule has 2 heterocycles. The highest BCUT2D eigenvalue weighted by Gasteiger charge is 2.09. The standard InChI is InChI=1S/C8H2B4S2/c9-3-1-5(11)13-7(3)8-4(10)2-6(12)14-8/h1-2H. The van der Waals surface area contributed by atoms with Crippen LogP contribution in [0.15, 0.2) is 12.1 Å². The molecule has 0 aliphatic heterocycles. The molecule has 0 nitrogen and oxygen atoms in total. The Morgan fingerprint density at radius 1 is 0.714 bits per heavy atom. The zero-order valence-corrected chi connectivity index (χ0v) is 8.91. The lowest BCUT2D eigenvalue weighted by Gasteiger charge is -1.97. The van der Waals surface area contributed by atoms with Crippen LogP contribution in [-0.2, 0) is 0 Å². The third-order valence-corrected chi connectivity index (χ3v) is 3.89. The molecule has 0 aromatic carbocycles. The highest BCUT2D eigenvalue weighted by molar-refractivity contribution is 7.30. The summed E-state index contributed by atoms with van der Waals surface area (Å²) >= 11 is 2.85. The van der Waals surface area contributed by atoms with Crippen LogP contribution in [0.25, 0.3) is 9.75 Å². The zero-order valence-electron chi connectivity index (χ0n) is 7.28. The number of thiophene rings is 2. The van der Waals surface area contributed by atoms with E-state index < -0.39 is 0 Å². The third-order valence-electron chi connectivity index (χ3n) is 1.77. The molecular weight excluding hydrogens is 203 g/mol. The maximum atomic E-state index is 5.79. The Morgan fingerprint density at radius 3 is 1.29 bits per heavy atom. The molecule has 0 aliphatic carbocycles. The fraction of sp³-hybridized carbons (Fsp3) is 0. The SMILES string of the molecule is [B]c1cc([B])c(-c2sc([B])cc2[B])s1. The first-order valence-corrected chi connectivity index (χ1v) is 5.51. The van der Waals surface area contributed by atoms with Crippen molar-refractivity contribution in [2.45, 2.75) is 0 Å². The first-order valence-electron chi connectivity index (χ1n) is 3.88. The monoisotopic (exact) mass is 206 g/mol. The molecule has 0 unspecified atom stereocenters. The highest BCUT2D eigenvalue weighted by atomic mass is 32.1. The Hall–Kier alpha value is -0.340. The lowest BCUT2D eigenvalue weighted by Crippen LogP contribution is -2.08. The normalized spacial score (nSPS) is 10.6. The van der Waals surface area contributed by atoms with E-state index in [1.165, 1.54) is 22.7 Å². The maximum absolute atomic E-state index is 5.79. The van der Waals surface area contributed by atoms with Crippen molar-refractivity contribution in [1.82, 2.24) is 0 Å². The van der Waals surface area contributed by atoms with Gasteiger partial charge in [0.15, 0.2) is 0 Å². The fourth-order valence-electron chi connectivity index (χ4n) is 1.20. The summed E-state index contributed by atoms with van der Waals surface area (Å²) in [7, 11) is 22.9. The minimum atomic E-state index is 0.654. The van der Waals surface area contributed by atoms with Gasteiger partial charge in [0.05, 0.1) is 0 Å². The van der Waals surface area contributed by atoms with Crippen LogP contribution in [0.5, 0.6) is 0 Å². The minimum absolute atomic E-state index is 0.654. The minimum Gasteiger partial charge on any atom is -0.152 e. The lowest BCUT2D eigenvalue weighted by molar-refractivity contribution is 2.10. The second-order valence-electron chi connectivity index (χ2n) is 2.87. The average molecular weight is 205 g/mol. The Balaban J connectivity index is 2.59. The van der Waals surface area contributed by atoms with Crippen molar-refractivity contribution in [3.05, 3.63) is 12.1 Å². The molecule has 6 heteroatoms. The van der Waals surface area contributed by atoms with Crippen LogP contribution < -0.4 is 20.5 Å². The first kappa shape index (κ1) is 10.2. The summed E-state index contributed by atoms with van der Waals surface area (Å²) < 4.78 is 1.37. The van der Waals surface area contributed by atoms with Gasteiger partial charge in [-0.15, -0.1) is 0 Å². The molecule has 14 heavy (non-hydrogen) atoms. The van der Waals surface area contributed by atoms with Crippen LogP contribution in [0.2, 0.25) is 0 Å². The first-order chi connectivity index (χ1) is 6.58. The third kappa shape index (κ3) is 1.73. The molecule has 2 aromatic rings. The van der Waals surface area contributed by atoms with E-state index in [9.17, 15) is 0 Å². The summed E-state index contributed by atoms with van der Waals surface area (Å²) in [5.74, 6) is 0. The number of hydrogen-bond donors (Lipinski definition) is 0. The van der Waals surface area contributed by atoms with Gasteiger partial charge in [0.1, 0.15) is 31.4 Å². The summed E-state index contributed by atoms with van der Waals surface area (Å²) in [4.78, 5) is 1.81. The Bertz CT molecular complexity index is 427. The molecule has 2 aromatic heterocycles. The van der Waals surface area contributed by atoms with Crippen molar-refractivity contribution >= 4 is 74.5 Å². The summed E-state index contributed by atoms with van der Waals surface area (Å²) in [6.45, 7) is 0. The molecule has 0 bridgehead atoms. The predicted octanol–water partition coefficient (Wildman–Crippen LogP) is -1.35. The Morgan fingerprint density at radius 2 is 1.07 bits per heavy atom. The van der Waals surface area contributed by atoms with E-state index in [-0.39, 0.29) is 0 Å². The summed E-state index contributed by atoms with van der Waals surface area (Å²) in [5, 5.41) is 0. The summed E-state index contributed by atoms with van der Waals surface area (Å²) in [5.41, 5.74) is 1.31. The van der Waals surface area contributed by atoms with Gasteiger partial charge < -0.3 is 0 Å². The predicted molar refractivity (Wildman–Crippen MR) is 69.2 cm³/mol. The van der Waals surface area contributed by atoms with Gasteiger partial charge in [-0.1, -0.05) is 23.1 Å². The van der Waals surface area contributed by atoms with Gasteiger partial charge in [0.25, 0.3) is 0 Å². The van der Waals surface area contributed by atoms with Gasteiger partial charge in [-0.25, -0.2) is 0 Å². The van der Waals surface area contributed by atoms with Gasteiger partial charge in [-0.3, -0.25) is 0 Å². The van der Waals surface area contributed by atoms with Gasteiger partial charge in [-0.2, -0.15) is 22.7 Å². The maximum Gasteiger partial charge on any atom is 0.128 e. The molecule has 0 aliphatic rings. The number of hydrogen-bond acceptors (Lipinski definition) is 2. The van der Waals surface area contributed by atoms with Crippen molar-refractivity contribution in [2.75, 3.05) is 0 Å². The highest BCUT2D eigenvalue weighted by Crippen LogP contribution is 2.22. The zero-order chi connectivity index (χ0) is 10.3. The van der Waals surface area contributed by atoms with E-state index in [1.54, 1.807) is 12.1 Å². The average Bonchev–Trinajstić information content (AvgIpc) is 2.55. The largest absolute Gasteiger partial charge is 0.152 e. The van der Waals surface area contributed by atoms with Crippen molar-refractivity contribution < 1.29 is 0 Å². The second-order valence-corrected chi connectivity index (χ2v) is 5.03. The van der Waals surface area contributed by atoms with Crippen LogP contribution >= 0.6 is 22.7 Å². The van der Waals surface area contributed by atoms with Gasteiger partial charge in [0.2, 0.25) is 0 Å². The van der Waals surface area contributed by atoms with E-state index in [0.717, 1.165) is 9.75 Å². The fourth-order valence-corrected chi connectivity index (χ4v) is 3.07. The van der Waals surface area contributed by atoms with Gasteiger partial charge >= 0.3 is 0 Å².